The molecule has 16 heavy (non-hydrogen) atoms. The van der Waals surface area contributed by atoms with E-state index < -0.39 is 0 Å². The van der Waals surface area contributed by atoms with Gasteiger partial charge < -0.3 is 15.2 Å². The van der Waals surface area contributed by atoms with Crippen molar-refractivity contribution in [3.63, 3.8) is 0 Å². The van der Waals surface area contributed by atoms with Gasteiger partial charge in [0.15, 0.2) is 0 Å². The van der Waals surface area contributed by atoms with E-state index >= 15 is 0 Å². The summed E-state index contributed by atoms with van der Waals surface area (Å²) in [7, 11) is 3.39. The minimum absolute atomic E-state index is 0.325. The highest BCUT2D eigenvalue weighted by molar-refractivity contribution is 5.41. The van der Waals surface area contributed by atoms with Gasteiger partial charge in [-0.3, -0.25) is 0 Å². The van der Waals surface area contributed by atoms with E-state index in [0.717, 1.165) is 25.0 Å². The lowest BCUT2D eigenvalue weighted by Crippen LogP contribution is -2.44. The first-order valence-electron chi connectivity index (χ1n) is 5.65. The molecule has 3 nitrogen and oxygen atoms in total. The van der Waals surface area contributed by atoms with Crippen molar-refractivity contribution >= 4 is 0 Å². The fourth-order valence-electron chi connectivity index (χ4n) is 2.53. The van der Waals surface area contributed by atoms with Crippen LogP contribution in [0.15, 0.2) is 18.2 Å². The number of methoxy groups -OCH3 is 2. The van der Waals surface area contributed by atoms with Crippen LogP contribution in [0.4, 0.5) is 0 Å². The quantitative estimate of drug-likeness (QED) is 0.847. The smallest absolute Gasteiger partial charge is 0.119 e. The second kappa shape index (κ2) is 4.44. The molecule has 1 atom stereocenters. The molecule has 3 heteroatoms. The molecule has 1 aliphatic carbocycles. The molecule has 0 saturated carbocycles. The summed E-state index contributed by atoms with van der Waals surface area (Å²) in [6.45, 7) is 0.576. The summed E-state index contributed by atoms with van der Waals surface area (Å²) in [4.78, 5) is 0. The molecule has 0 spiro atoms. The molecule has 0 fully saturated rings. The van der Waals surface area contributed by atoms with Crippen LogP contribution < -0.4 is 10.5 Å². The van der Waals surface area contributed by atoms with E-state index in [0.29, 0.717) is 6.61 Å². The Bertz CT molecular complexity index is 378. The van der Waals surface area contributed by atoms with Crippen molar-refractivity contribution in [3.8, 4) is 5.75 Å². The Morgan fingerprint density at radius 2 is 2.19 bits per heavy atom. The number of nitrogens with two attached hydrogens (primary N) is 1. The third-order valence-electron chi connectivity index (χ3n) is 3.32. The summed E-state index contributed by atoms with van der Waals surface area (Å²) in [5.74, 6) is 0.903. The second-order valence-corrected chi connectivity index (χ2v) is 4.47. The van der Waals surface area contributed by atoms with E-state index in [-0.39, 0.29) is 5.54 Å². The molecule has 1 aliphatic rings. The van der Waals surface area contributed by atoms with Crippen molar-refractivity contribution in [2.24, 2.45) is 5.73 Å². The molecule has 0 heterocycles. The van der Waals surface area contributed by atoms with Crippen LogP contribution in [-0.4, -0.2) is 20.8 Å². The maximum absolute atomic E-state index is 6.41. The molecule has 0 aliphatic heterocycles. The average Bonchev–Trinajstić information content (AvgIpc) is 2.29. The minimum Gasteiger partial charge on any atom is -0.497 e. The molecule has 0 bridgehead atoms. The van der Waals surface area contributed by atoms with Gasteiger partial charge in [0.25, 0.3) is 0 Å². The fraction of sp³-hybridized carbons (Fsp3) is 0.538. The number of rotatable bonds is 3. The van der Waals surface area contributed by atoms with Crippen LogP contribution in [0.25, 0.3) is 0 Å². The molecule has 2 N–H and O–H groups in total. The third-order valence-corrected chi connectivity index (χ3v) is 3.32. The summed E-state index contributed by atoms with van der Waals surface area (Å²) in [5.41, 5.74) is 8.59. The Morgan fingerprint density at radius 3 is 2.88 bits per heavy atom. The molecule has 1 aromatic rings. The SMILES string of the molecule is COCC1(N)CCCc2cc(OC)ccc21. The van der Waals surface area contributed by atoms with Gasteiger partial charge in [-0.1, -0.05) is 6.07 Å². The zero-order valence-corrected chi connectivity index (χ0v) is 9.95. The van der Waals surface area contributed by atoms with Crippen molar-refractivity contribution in [1.29, 1.82) is 0 Å². The number of hydrogen-bond acceptors (Lipinski definition) is 3. The molecule has 0 radical (unpaired) electrons. The van der Waals surface area contributed by atoms with Gasteiger partial charge in [0.1, 0.15) is 5.75 Å². The number of aryl methyl sites for hydroxylation is 1. The van der Waals surface area contributed by atoms with Crippen molar-refractivity contribution in [2.75, 3.05) is 20.8 Å². The number of ether oxygens (including phenoxy) is 2. The minimum atomic E-state index is -0.325. The lowest BCUT2D eigenvalue weighted by atomic mass is 9.77. The van der Waals surface area contributed by atoms with Gasteiger partial charge in [-0.2, -0.15) is 0 Å². The maximum atomic E-state index is 6.41. The number of benzene rings is 1. The van der Waals surface area contributed by atoms with Crippen LogP contribution in [0.3, 0.4) is 0 Å². The lowest BCUT2D eigenvalue weighted by molar-refractivity contribution is 0.121. The largest absolute Gasteiger partial charge is 0.497 e. The first kappa shape index (κ1) is 11.4. The van der Waals surface area contributed by atoms with Crippen LogP contribution in [0.5, 0.6) is 5.75 Å². The summed E-state index contributed by atoms with van der Waals surface area (Å²) in [6.07, 6.45) is 3.18. The van der Waals surface area contributed by atoms with Gasteiger partial charge in [0.2, 0.25) is 0 Å². The zero-order chi connectivity index (χ0) is 11.6. The van der Waals surface area contributed by atoms with Gasteiger partial charge in [0, 0.05) is 7.11 Å². The topological polar surface area (TPSA) is 44.5 Å². The van der Waals surface area contributed by atoms with Crippen LogP contribution in [0.2, 0.25) is 0 Å². The van der Waals surface area contributed by atoms with Gasteiger partial charge >= 0.3 is 0 Å². The predicted octanol–water partition coefficient (Wildman–Crippen LogP) is 1.83. The summed E-state index contributed by atoms with van der Waals surface area (Å²) >= 11 is 0. The summed E-state index contributed by atoms with van der Waals surface area (Å²) < 4.78 is 10.5. The van der Waals surface area contributed by atoms with Crippen molar-refractivity contribution in [3.05, 3.63) is 29.3 Å². The molecule has 0 aromatic heterocycles. The molecular weight excluding hydrogens is 202 g/mol. The van der Waals surface area contributed by atoms with E-state index in [1.165, 1.54) is 11.1 Å². The van der Waals surface area contributed by atoms with E-state index in [1.54, 1.807) is 14.2 Å². The van der Waals surface area contributed by atoms with E-state index in [9.17, 15) is 0 Å². The zero-order valence-electron chi connectivity index (χ0n) is 9.95. The number of fused-ring (bicyclic) bond motifs is 1. The molecule has 1 unspecified atom stereocenters. The van der Waals surface area contributed by atoms with Crippen molar-refractivity contribution < 1.29 is 9.47 Å². The summed E-state index contributed by atoms with van der Waals surface area (Å²) in [5, 5.41) is 0. The first-order chi connectivity index (χ1) is 7.69. The van der Waals surface area contributed by atoms with Gasteiger partial charge in [0.05, 0.1) is 19.3 Å². The highest BCUT2D eigenvalue weighted by Gasteiger charge is 2.32. The Labute approximate surface area is 96.5 Å². The molecule has 88 valence electrons. The van der Waals surface area contributed by atoms with Crippen LogP contribution in [0.1, 0.15) is 24.0 Å². The Hall–Kier alpha value is -1.06. The highest BCUT2D eigenvalue weighted by atomic mass is 16.5. The van der Waals surface area contributed by atoms with Crippen molar-refractivity contribution in [1.82, 2.24) is 0 Å². The van der Waals surface area contributed by atoms with E-state index in [4.69, 9.17) is 15.2 Å². The van der Waals surface area contributed by atoms with Crippen molar-refractivity contribution in [2.45, 2.75) is 24.8 Å². The standard InChI is InChI=1S/C13H19NO2/c1-15-9-13(14)7-3-4-10-8-11(16-2)5-6-12(10)13/h5-6,8H,3-4,7,9,14H2,1-2H3. The number of hydrogen-bond donors (Lipinski definition) is 1. The predicted molar refractivity (Wildman–Crippen MR) is 63.7 cm³/mol. The Kier molecular flexibility index (Phi) is 3.17. The lowest BCUT2D eigenvalue weighted by Gasteiger charge is -2.35. The third kappa shape index (κ3) is 1.93. The van der Waals surface area contributed by atoms with Crippen LogP contribution in [0, 0.1) is 0 Å². The molecule has 0 saturated heterocycles. The normalized spacial score (nSPS) is 23.9. The van der Waals surface area contributed by atoms with Gasteiger partial charge in [-0.05, 0) is 42.5 Å². The molecule has 1 aromatic carbocycles. The highest BCUT2D eigenvalue weighted by Crippen LogP contribution is 2.35. The Balaban J connectivity index is 2.39. The first-order valence-corrected chi connectivity index (χ1v) is 5.65. The Morgan fingerprint density at radius 1 is 1.38 bits per heavy atom. The molecule has 2 rings (SSSR count). The molecule has 0 amide bonds. The average molecular weight is 221 g/mol. The fourth-order valence-corrected chi connectivity index (χ4v) is 2.53. The monoisotopic (exact) mass is 221 g/mol. The second-order valence-electron chi connectivity index (χ2n) is 4.47. The van der Waals surface area contributed by atoms with Crippen LogP contribution >= 0.6 is 0 Å². The molecular formula is C13H19NO2. The summed E-state index contributed by atoms with van der Waals surface area (Å²) in [6, 6.07) is 6.14. The van der Waals surface area contributed by atoms with Gasteiger partial charge in [-0.15, -0.1) is 0 Å². The van der Waals surface area contributed by atoms with E-state index in [2.05, 4.69) is 12.1 Å². The van der Waals surface area contributed by atoms with Gasteiger partial charge in [-0.25, -0.2) is 0 Å². The maximum Gasteiger partial charge on any atom is 0.119 e. The van der Waals surface area contributed by atoms with E-state index in [1.807, 2.05) is 6.07 Å². The van der Waals surface area contributed by atoms with Crippen LogP contribution in [-0.2, 0) is 16.7 Å².